The minimum atomic E-state index is -2.80. The van der Waals surface area contributed by atoms with Gasteiger partial charge in [0.25, 0.3) is 0 Å². The molecule has 2 N–H and O–H groups in total. The molecule has 1 aromatic carbocycles. The molecule has 2 nitrogen and oxygen atoms in total. The van der Waals surface area contributed by atoms with Crippen LogP contribution in [0.2, 0.25) is 0 Å². The van der Waals surface area contributed by atoms with Crippen LogP contribution in [0.5, 0.6) is 5.75 Å². The Hall–Kier alpha value is -1.46. The van der Waals surface area contributed by atoms with Gasteiger partial charge < -0.3 is 10.5 Å². The third kappa shape index (κ3) is 3.01. The van der Waals surface area contributed by atoms with Crippen molar-refractivity contribution in [3.05, 3.63) is 52.2 Å². The molecule has 0 saturated heterocycles. The van der Waals surface area contributed by atoms with Crippen molar-refractivity contribution < 1.29 is 13.5 Å². The maximum atomic E-state index is 12.0. The molecule has 0 aliphatic carbocycles. The number of ether oxygens (including phenoxy) is 1. The van der Waals surface area contributed by atoms with E-state index in [0.29, 0.717) is 0 Å². The second kappa shape index (κ2) is 5.25. The summed E-state index contributed by atoms with van der Waals surface area (Å²) in [6.07, 6.45) is 0. The summed E-state index contributed by atoms with van der Waals surface area (Å²) in [6, 6.07) is 10.0. The van der Waals surface area contributed by atoms with E-state index in [1.54, 1.807) is 23.5 Å². The highest BCUT2D eigenvalue weighted by Crippen LogP contribution is 2.25. The van der Waals surface area contributed by atoms with Gasteiger partial charge in [-0.1, -0.05) is 18.2 Å². The van der Waals surface area contributed by atoms with Gasteiger partial charge in [0.1, 0.15) is 5.75 Å². The lowest BCUT2D eigenvalue weighted by Gasteiger charge is -2.11. The van der Waals surface area contributed by atoms with Crippen LogP contribution in [0.15, 0.2) is 41.8 Å². The van der Waals surface area contributed by atoms with Crippen molar-refractivity contribution in [3.63, 3.8) is 0 Å². The predicted molar refractivity (Wildman–Crippen MR) is 63.4 cm³/mol. The normalized spacial score (nSPS) is 12.7. The van der Waals surface area contributed by atoms with Gasteiger partial charge >= 0.3 is 6.61 Å². The summed E-state index contributed by atoms with van der Waals surface area (Å²) in [5.41, 5.74) is 6.90. The van der Waals surface area contributed by atoms with Gasteiger partial charge in [-0.05, 0) is 29.1 Å². The van der Waals surface area contributed by atoms with E-state index in [1.165, 1.54) is 12.1 Å². The number of nitrogens with two attached hydrogens (primary N) is 1. The minimum absolute atomic E-state index is 0.141. The van der Waals surface area contributed by atoms with E-state index in [-0.39, 0.29) is 11.8 Å². The maximum absolute atomic E-state index is 12.0. The van der Waals surface area contributed by atoms with Gasteiger partial charge in [0, 0.05) is 4.88 Å². The van der Waals surface area contributed by atoms with E-state index >= 15 is 0 Å². The van der Waals surface area contributed by atoms with Crippen molar-refractivity contribution in [3.8, 4) is 5.75 Å². The lowest BCUT2D eigenvalue weighted by Crippen LogP contribution is -2.10. The standard InChI is InChI=1S/C12H11F2NOS/c13-12(14)16-9-5-3-8(4-6-9)11(15)10-2-1-7-17-10/h1-7,11-12H,15H2/t11-/m1/s1. The first-order chi connectivity index (χ1) is 8.16. The summed E-state index contributed by atoms with van der Waals surface area (Å²) >= 11 is 1.56. The second-order valence-electron chi connectivity index (χ2n) is 3.44. The van der Waals surface area contributed by atoms with E-state index in [2.05, 4.69) is 4.74 Å². The topological polar surface area (TPSA) is 35.2 Å². The highest BCUT2D eigenvalue weighted by molar-refractivity contribution is 7.10. The van der Waals surface area contributed by atoms with Gasteiger partial charge in [0.15, 0.2) is 0 Å². The summed E-state index contributed by atoms with van der Waals surface area (Å²) in [5.74, 6) is 0.141. The average molecular weight is 255 g/mol. The third-order valence-corrected chi connectivity index (χ3v) is 3.27. The van der Waals surface area contributed by atoms with E-state index in [4.69, 9.17) is 5.73 Å². The lowest BCUT2D eigenvalue weighted by atomic mass is 10.1. The van der Waals surface area contributed by atoms with Gasteiger partial charge in [-0.15, -0.1) is 11.3 Å². The molecule has 2 rings (SSSR count). The predicted octanol–water partition coefficient (Wildman–Crippen LogP) is 3.40. The summed E-state index contributed by atoms with van der Waals surface area (Å²) in [6.45, 7) is -2.80. The number of benzene rings is 1. The van der Waals surface area contributed by atoms with Crippen LogP contribution >= 0.6 is 11.3 Å². The number of hydrogen-bond donors (Lipinski definition) is 1. The summed E-state index contributed by atoms with van der Waals surface area (Å²) in [4.78, 5) is 1.03. The molecule has 0 fully saturated rings. The van der Waals surface area contributed by atoms with Crippen molar-refractivity contribution in [2.24, 2.45) is 5.73 Å². The van der Waals surface area contributed by atoms with Crippen molar-refractivity contribution >= 4 is 11.3 Å². The highest BCUT2D eigenvalue weighted by Gasteiger charge is 2.10. The lowest BCUT2D eigenvalue weighted by molar-refractivity contribution is -0.0498. The Balaban J connectivity index is 2.12. The Morgan fingerprint density at radius 3 is 2.35 bits per heavy atom. The first-order valence-electron chi connectivity index (χ1n) is 5.00. The molecule has 0 spiro atoms. The van der Waals surface area contributed by atoms with E-state index in [0.717, 1.165) is 10.4 Å². The van der Waals surface area contributed by atoms with E-state index in [1.807, 2.05) is 17.5 Å². The zero-order valence-electron chi connectivity index (χ0n) is 8.85. The summed E-state index contributed by atoms with van der Waals surface area (Å²) in [7, 11) is 0. The number of alkyl halides is 2. The van der Waals surface area contributed by atoms with Crippen LogP contribution in [0, 0.1) is 0 Å². The summed E-state index contributed by atoms with van der Waals surface area (Å²) < 4.78 is 28.2. The molecule has 1 atom stereocenters. The monoisotopic (exact) mass is 255 g/mol. The van der Waals surface area contributed by atoms with Crippen LogP contribution in [-0.4, -0.2) is 6.61 Å². The average Bonchev–Trinajstić information content (AvgIpc) is 2.82. The third-order valence-electron chi connectivity index (χ3n) is 2.31. The quantitative estimate of drug-likeness (QED) is 0.908. The molecule has 0 aliphatic rings. The Morgan fingerprint density at radius 1 is 1.12 bits per heavy atom. The van der Waals surface area contributed by atoms with Crippen LogP contribution in [0.4, 0.5) is 8.78 Å². The molecule has 0 radical (unpaired) electrons. The summed E-state index contributed by atoms with van der Waals surface area (Å²) in [5, 5.41) is 1.95. The molecule has 0 amide bonds. The Labute approximate surface area is 102 Å². The number of rotatable bonds is 4. The molecular weight excluding hydrogens is 244 g/mol. The molecule has 0 bridgehead atoms. The number of thiophene rings is 1. The van der Waals surface area contributed by atoms with Crippen molar-refractivity contribution in [1.29, 1.82) is 0 Å². The van der Waals surface area contributed by atoms with Gasteiger partial charge in [0.2, 0.25) is 0 Å². The molecule has 1 heterocycles. The molecule has 2 aromatic rings. The first-order valence-corrected chi connectivity index (χ1v) is 5.88. The highest BCUT2D eigenvalue weighted by atomic mass is 32.1. The van der Waals surface area contributed by atoms with Crippen LogP contribution in [0.3, 0.4) is 0 Å². The van der Waals surface area contributed by atoms with E-state index in [9.17, 15) is 8.78 Å². The SMILES string of the molecule is N[C@H](c1ccc(OC(F)F)cc1)c1cccs1. The largest absolute Gasteiger partial charge is 0.435 e. The molecule has 0 aliphatic heterocycles. The van der Waals surface area contributed by atoms with Crippen molar-refractivity contribution in [1.82, 2.24) is 0 Å². The maximum Gasteiger partial charge on any atom is 0.387 e. The van der Waals surface area contributed by atoms with Gasteiger partial charge in [-0.3, -0.25) is 0 Å². The van der Waals surface area contributed by atoms with Crippen molar-refractivity contribution in [2.45, 2.75) is 12.7 Å². The second-order valence-corrected chi connectivity index (χ2v) is 4.42. The molecule has 1 aromatic heterocycles. The van der Waals surface area contributed by atoms with Crippen LogP contribution in [-0.2, 0) is 0 Å². The molecule has 0 unspecified atom stereocenters. The first kappa shape index (κ1) is 12.0. The molecule has 17 heavy (non-hydrogen) atoms. The van der Waals surface area contributed by atoms with Gasteiger partial charge in [-0.25, -0.2) is 0 Å². The van der Waals surface area contributed by atoms with Crippen LogP contribution in [0.1, 0.15) is 16.5 Å². The smallest absolute Gasteiger partial charge is 0.387 e. The number of hydrogen-bond acceptors (Lipinski definition) is 3. The van der Waals surface area contributed by atoms with Crippen LogP contribution in [0.25, 0.3) is 0 Å². The fraction of sp³-hybridized carbons (Fsp3) is 0.167. The van der Waals surface area contributed by atoms with E-state index < -0.39 is 6.61 Å². The Morgan fingerprint density at radius 2 is 1.82 bits per heavy atom. The zero-order chi connectivity index (χ0) is 12.3. The van der Waals surface area contributed by atoms with Crippen LogP contribution < -0.4 is 10.5 Å². The Bertz CT molecular complexity index is 456. The fourth-order valence-electron chi connectivity index (χ4n) is 1.49. The van der Waals surface area contributed by atoms with Gasteiger partial charge in [0.05, 0.1) is 6.04 Å². The van der Waals surface area contributed by atoms with Gasteiger partial charge in [-0.2, -0.15) is 8.78 Å². The zero-order valence-corrected chi connectivity index (χ0v) is 9.66. The minimum Gasteiger partial charge on any atom is -0.435 e. The fourth-order valence-corrected chi connectivity index (χ4v) is 2.24. The molecule has 5 heteroatoms. The Kier molecular flexibility index (Phi) is 3.71. The number of halogens is 2. The molecule has 90 valence electrons. The molecular formula is C12H11F2NOS. The molecule has 0 saturated carbocycles. The van der Waals surface area contributed by atoms with Crippen molar-refractivity contribution in [2.75, 3.05) is 0 Å².